The molecule has 2 atom stereocenters. The number of carbonyl (C=O) groups is 2. The lowest BCUT2D eigenvalue weighted by Gasteiger charge is -2.18. The van der Waals surface area contributed by atoms with Gasteiger partial charge in [-0.1, -0.05) is 24.9 Å². The second-order valence-corrected chi connectivity index (χ2v) is 6.96. The van der Waals surface area contributed by atoms with Gasteiger partial charge in [-0.15, -0.1) is 0 Å². The van der Waals surface area contributed by atoms with Crippen molar-refractivity contribution in [1.82, 2.24) is 10.6 Å². The van der Waals surface area contributed by atoms with Gasteiger partial charge in [0.05, 0.1) is 10.6 Å². The lowest BCUT2D eigenvalue weighted by Crippen LogP contribution is -2.39. The number of hydrogen-bond donors (Lipinski definition) is 3. The molecule has 0 spiro atoms. The molecular formula is C17H22ClN3O2. The first-order valence-corrected chi connectivity index (χ1v) is 8.58. The van der Waals surface area contributed by atoms with Crippen molar-refractivity contribution in [2.45, 2.75) is 51.1 Å². The zero-order valence-corrected chi connectivity index (χ0v) is 14.0. The number of anilines is 1. The number of halogens is 1. The highest BCUT2D eigenvalue weighted by atomic mass is 35.5. The summed E-state index contributed by atoms with van der Waals surface area (Å²) in [7, 11) is 0. The Morgan fingerprint density at radius 1 is 1.13 bits per heavy atom. The molecule has 0 saturated heterocycles. The van der Waals surface area contributed by atoms with Gasteiger partial charge < -0.3 is 16.0 Å². The Balaban J connectivity index is 1.58. The van der Waals surface area contributed by atoms with Crippen molar-refractivity contribution in [1.29, 1.82) is 0 Å². The molecule has 5 nitrogen and oxygen atoms in total. The summed E-state index contributed by atoms with van der Waals surface area (Å²) in [6.45, 7) is 2.15. The highest BCUT2D eigenvalue weighted by Gasteiger charge is 2.26. The summed E-state index contributed by atoms with van der Waals surface area (Å²) in [4.78, 5) is 24.1. The molecule has 0 heterocycles. The van der Waals surface area contributed by atoms with E-state index in [9.17, 15) is 9.59 Å². The lowest BCUT2D eigenvalue weighted by atomic mass is 10.1. The first-order valence-electron chi connectivity index (χ1n) is 8.21. The smallest absolute Gasteiger partial charge is 0.319 e. The highest BCUT2D eigenvalue weighted by molar-refractivity contribution is 6.34. The zero-order chi connectivity index (χ0) is 16.4. The first kappa shape index (κ1) is 16.1. The number of urea groups is 1. The summed E-state index contributed by atoms with van der Waals surface area (Å²) in [6.07, 6.45) is 5.39. The maximum Gasteiger partial charge on any atom is 0.319 e. The van der Waals surface area contributed by atoms with Gasteiger partial charge in [0.1, 0.15) is 0 Å². The first-order chi connectivity index (χ1) is 11.0. The zero-order valence-electron chi connectivity index (χ0n) is 13.2. The van der Waals surface area contributed by atoms with Gasteiger partial charge in [-0.05, 0) is 49.8 Å². The molecule has 0 radical (unpaired) electrons. The maximum absolute atomic E-state index is 12.1. The molecule has 3 rings (SSSR count). The number of benzene rings is 1. The Kier molecular flexibility index (Phi) is 4.76. The topological polar surface area (TPSA) is 70.2 Å². The Morgan fingerprint density at radius 3 is 2.52 bits per heavy atom. The number of carbonyl (C=O) groups excluding carboxylic acids is 2. The largest absolute Gasteiger partial charge is 0.349 e. The Morgan fingerprint density at radius 2 is 1.91 bits per heavy atom. The van der Waals surface area contributed by atoms with E-state index in [-0.39, 0.29) is 24.0 Å². The minimum Gasteiger partial charge on any atom is -0.349 e. The fraction of sp³-hybridized carbons (Fsp3) is 0.529. The number of hydrogen-bond acceptors (Lipinski definition) is 2. The third-order valence-electron chi connectivity index (χ3n) is 4.56. The van der Waals surface area contributed by atoms with E-state index in [1.165, 1.54) is 0 Å². The van der Waals surface area contributed by atoms with E-state index < -0.39 is 0 Å². The van der Waals surface area contributed by atoms with E-state index in [0.717, 1.165) is 32.1 Å². The molecule has 23 heavy (non-hydrogen) atoms. The quantitative estimate of drug-likeness (QED) is 0.787. The van der Waals surface area contributed by atoms with Gasteiger partial charge in [0.15, 0.2) is 0 Å². The third kappa shape index (κ3) is 4.16. The molecule has 6 heteroatoms. The normalized spacial score (nSPS) is 23.4. The SMILES string of the molecule is C[C@@H]1CCC[C@H]1NC(=O)Nc1ccc(C(=O)NC2CC2)c(Cl)c1. The van der Waals surface area contributed by atoms with Gasteiger partial charge in [-0.25, -0.2) is 4.79 Å². The van der Waals surface area contributed by atoms with Crippen molar-refractivity contribution < 1.29 is 9.59 Å². The van der Waals surface area contributed by atoms with Gasteiger partial charge in [0.25, 0.3) is 5.91 Å². The molecule has 2 fully saturated rings. The van der Waals surface area contributed by atoms with Crippen LogP contribution >= 0.6 is 11.6 Å². The molecule has 0 aliphatic heterocycles. The van der Waals surface area contributed by atoms with Crippen LogP contribution in [0.25, 0.3) is 0 Å². The molecule has 2 aliphatic rings. The molecule has 0 bridgehead atoms. The molecule has 1 aromatic rings. The van der Waals surface area contributed by atoms with Crippen molar-refractivity contribution in [3.63, 3.8) is 0 Å². The predicted molar refractivity (Wildman–Crippen MR) is 90.9 cm³/mol. The van der Waals surface area contributed by atoms with Crippen LogP contribution < -0.4 is 16.0 Å². The molecule has 1 aromatic carbocycles. The van der Waals surface area contributed by atoms with Crippen molar-refractivity contribution in [3.05, 3.63) is 28.8 Å². The summed E-state index contributed by atoms with van der Waals surface area (Å²) in [5.74, 6) is 0.353. The van der Waals surface area contributed by atoms with E-state index in [1.807, 2.05) is 0 Å². The molecule has 2 saturated carbocycles. The van der Waals surface area contributed by atoms with Crippen LogP contribution in [0.4, 0.5) is 10.5 Å². The maximum atomic E-state index is 12.1. The van der Waals surface area contributed by atoms with Crippen LogP contribution in [-0.4, -0.2) is 24.0 Å². The lowest BCUT2D eigenvalue weighted by molar-refractivity contribution is 0.0951. The van der Waals surface area contributed by atoms with Crippen molar-refractivity contribution in [2.24, 2.45) is 5.92 Å². The van der Waals surface area contributed by atoms with Crippen molar-refractivity contribution in [2.75, 3.05) is 5.32 Å². The number of amides is 3. The van der Waals surface area contributed by atoms with E-state index in [4.69, 9.17) is 11.6 Å². The molecular weight excluding hydrogens is 314 g/mol. The van der Waals surface area contributed by atoms with E-state index in [2.05, 4.69) is 22.9 Å². The standard InChI is InChI=1S/C17H22ClN3O2/c1-10-3-2-4-15(10)21-17(23)20-12-7-8-13(14(18)9-12)16(22)19-11-5-6-11/h7-11,15H,2-6H2,1H3,(H,19,22)(H2,20,21,23)/t10-,15-/m1/s1. The molecule has 3 N–H and O–H groups in total. The minimum absolute atomic E-state index is 0.159. The van der Waals surface area contributed by atoms with Crippen molar-refractivity contribution >= 4 is 29.2 Å². The summed E-state index contributed by atoms with van der Waals surface area (Å²) in [6, 6.07) is 5.25. The van der Waals surface area contributed by atoms with Crippen LogP contribution in [-0.2, 0) is 0 Å². The van der Waals surface area contributed by atoms with Gasteiger partial charge in [-0.3, -0.25) is 4.79 Å². The monoisotopic (exact) mass is 335 g/mol. The van der Waals surface area contributed by atoms with Crippen LogP contribution in [0.15, 0.2) is 18.2 Å². The average Bonchev–Trinajstić information content (AvgIpc) is 3.21. The van der Waals surface area contributed by atoms with E-state index >= 15 is 0 Å². The fourth-order valence-electron chi connectivity index (χ4n) is 2.96. The third-order valence-corrected chi connectivity index (χ3v) is 4.87. The second kappa shape index (κ2) is 6.79. The average molecular weight is 336 g/mol. The van der Waals surface area contributed by atoms with Crippen molar-refractivity contribution in [3.8, 4) is 0 Å². The van der Waals surface area contributed by atoms with E-state index in [0.29, 0.717) is 22.2 Å². The summed E-state index contributed by atoms with van der Waals surface area (Å²) in [5, 5.41) is 9.02. The van der Waals surface area contributed by atoms with Crippen LogP contribution in [0.2, 0.25) is 5.02 Å². The van der Waals surface area contributed by atoms with Gasteiger partial charge in [-0.2, -0.15) is 0 Å². The molecule has 0 aromatic heterocycles. The highest BCUT2D eigenvalue weighted by Crippen LogP contribution is 2.26. The van der Waals surface area contributed by atoms with Crippen LogP contribution in [0, 0.1) is 5.92 Å². The summed E-state index contributed by atoms with van der Waals surface area (Å²) < 4.78 is 0. The molecule has 2 aliphatic carbocycles. The Bertz CT molecular complexity index is 616. The minimum atomic E-state index is -0.227. The molecule has 124 valence electrons. The molecule has 3 amide bonds. The van der Waals surface area contributed by atoms with Crippen LogP contribution in [0.3, 0.4) is 0 Å². The van der Waals surface area contributed by atoms with Gasteiger partial charge in [0.2, 0.25) is 0 Å². The number of rotatable bonds is 4. The molecule has 0 unspecified atom stereocenters. The summed E-state index contributed by atoms with van der Waals surface area (Å²) in [5.41, 5.74) is 1.02. The predicted octanol–water partition coefficient (Wildman–Crippen LogP) is 3.54. The van der Waals surface area contributed by atoms with Crippen LogP contribution in [0.5, 0.6) is 0 Å². The van der Waals surface area contributed by atoms with Gasteiger partial charge >= 0.3 is 6.03 Å². The Hall–Kier alpha value is -1.75. The number of nitrogens with one attached hydrogen (secondary N) is 3. The fourth-order valence-corrected chi connectivity index (χ4v) is 3.23. The second-order valence-electron chi connectivity index (χ2n) is 6.56. The summed E-state index contributed by atoms with van der Waals surface area (Å²) >= 11 is 6.17. The van der Waals surface area contributed by atoms with E-state index in [1.54, 1.807) is 18.2 Å². The Labute approximate surface area is 141 Å². The van der Waals surface area contributed by atoms with Gasteiger partial charge in [0, 0.05) is 17.8 Å². The van der Waals surface area contributed by atoms with Crippen LogP contribution in [0.1, 0.15) is 49.4 Å².